The van der Waals surface area contributed by atoms with Crippen molar-refractivity contribution in [2.24, 2.45) is 0 Å². The summed E-state index contributed by atoms with van der Waals surface area (Å²) in [7, 11) is 0. The van der Waals surface area contributed by atoms with Crippen molar-refractivity contribution in [3.8, 4) is 11.3 Å². The molecule has 2 heterocycles. The molecule has 4 rings (SSSR count). The van der Waals surface area contributed by atoms with Crippen LogP contribution in [-0.2, 0) is 6.42 Å². The molecule has 18 heavy (non-hydrogen) atoms. The fraction of sp³-hybridized carbons (Fsp3) is 0.0714. The number of fused-ring (bicyclic) bond motifs is 5. The lowest BCUT2D eigenvalue weighted by Crippen LogP contribution is -1.93. The zero-order valence-electron chi connectivity index (χ0n) is 9.32. The van der Waals surface area contributed by atoms with E-state index in [9.17, 15) is 8.78 Å². The van der Waals surface area contributed by atoms with Crippen LogP contribution >= 0.6 is 0 Å². The summed E-state index contributed by atoms with van der Waals surface area (Å²) in [5, 5.41) is 0. The third kappa shape index (κ3) is 1.17. The van der Waals surface area contributed by atoms with Gasteiger partial charge in [0.05, 0.1) is 11.4 Å². The minimum atomic E-state index is -0.301. The Kier molecular flexibility index (Phi) is 1.71. The van der Waals surface area contributed by atoms with Gasteiger partial charge >= 0.3 is 0 Å². The fourth-order valence-electron chi connectivity index (χ4n) is 2.57. The molecule has 0 bridgehead atoms. The van der Waals surface area contributed by atoms with Crippen LogP contribution < -0.4 is 0 Å². The van der Waals surface area contributed by atoms with Gasteiger partial charge in [0.25, 0.3) is 0 Å². The molecule has 0 N–H and O–H groups in total. The van der Waals surface area contributed by atoms with Crippen LogP contribution in [0.15, 0.2) is 36.5 Å². The summed E-state index contributed by atoms with van der Waals surface area (Å²) in [4.78, 5) is 4.48. The number of rotatable bonds is 0. The minimum Gasteiger partial charge on any atom is -0.300 e. The Bertz CT molecular complexity index is 790. The maximum Gasteiger partial charge on any atom is 0.139 e. The van der Waals surface area contributed by atoms with E-state index in [1.54, 1.807) is 16.5 Å². The number of nitrogens with zero attached hydrogens (tertiary/aromatic N) is 2. The SMILES string of the molecule is Fc1ccc2c(c1)Cc1c-2nc2ccc(F)cn12. The standard InChI is InChI=1S/C14H8F2N2/c15-9-1-3-11-8(5-9)6-12-14(11)17-13-4-2-10(16)7-18(12)13/h1-5,7H,6H2. The highest BCUT2D eigenvalue weighted by Crippen LogP contribution is 2.36. The average Bonchev–Trinajstić information content (AvgIpc) is 2.84. The first-order valence-corrected chi connectivity index (χ1v) is 5.68. The van der Waals surface area contributed by atoms with E-state index in [0.29, 0.717) is 6.42 Å². The summed E-state index contributed by atoms with van der Waals surface area (Å²) >= 11 is 0. The Morgan fingerprint density at radius 3 is 2.78 bits per heavy atom. The highest BCUT2D eigenvalue weighted by atomic mass is 19.1. The van der Waals surface area contributed by atoms with Crippen LogP contribution in [0.25, 0.3) is 16.9 Å². The number of pyridine rings is 1. The molecule has 3 aromatic rings. The predicted molar refractivity (Wildman–Crippen MR) is 63.4 cm³/mol. The van der Waals surface area contributed by atoms with Gasteiger partial charge in [-0.15, -0.1) is 0 Å². The molecule has 0 amide bonds. The summed E-state index contributed by atoms with van der Waals surface area (Å²) in [6.07, 6.45) is 2.01. The van der Waals surface area contributed by atoms with Gasteiger partial charge in [-0.2, -0.15) is 0 Å². The highest BCUT2D eigenvalue weighted by Gasteiger charge is 2.24. The van der Waals surface area contributed by atoms with Gasteiger partial charge < -0.3 is 4.40 Å². The van der Waals surface area contributed by atoms with Crippen molar-refractivity contribution in [1.82, 2.24) is 9.38 Å². The molecule has 0 atom stereocenters. The quantitative estimate of drug-likeness (QED) is 0.463. The van der Waals surface area contributed by atoms with E-state index in [2.05, 4.69) is 4.98 Å². The molecule has 1 aliphatic rings. The van der Waals surface area contributed by atoms with Crippen LogP contribution in [0, 0.1) is 11.6 Å². The first kappa shape index (κ1) is 9.76. The molecule has 88 valence electrons. The van der Waals surface area contributed by atoms with Crippen molar-refractivity contribution in [2.75, 3.05) is 0 Å². The summed E-state index contributed by atoms with van der Waals surface area (Å²) in [6.45, 7) is 0. The molecule has 0 radical (unpaired) electrons. The van der Waals surface area contributed by atoms with E-state index in [-0.39, 0.29) is 11.6 Å². The van der Waals surface area contributed by atoms with Gasteiger partial charge in [-0.1, -0.05) is 0 Å². The second kappa shape index (κ2) is 3.16. The van der Waals surface area contributed by atoms with Crippen LogP contribution in [0.2, 0.25) is 0 Å². The topological polar surface area (TPSA) is 17.3 Å². The lowest BCUT2D eigenvalue weighted by molar-refractivity contribution is 0.618. The number of halogens is 2. The molecule has 1 aromatic carbocycles. The maximum atomic E-state index is 13.3. The molecular weight excluding hydrogens is 234 g/mol. The smallest absolute Gasteiger partial charge is 0.139 e. The van der Waals surface area contributed by atoms with Gasteiger partial charge in [0.1, 0.15) is 17.3 Å². The van der Waals surface area contributed by atoms with Crippen molar-refractivity contribution in [1.29, 1.82) is 0 Å². The monoisotopic (exact) mass is 242 g/mol. The first-order valence-electron chi connectivity index (χ1n) is 5.68. The van der Waals surface area contributed by atoms with Crippen LogP contribution in [0.4, 0.5) is 8.78 Å². The van der Waals surface area contributed by atoms with Crippen LogP contribution in [0.1, 0.15) is 11.3 Å². The Labute approximate surface area is 102 Å². The maximum absolute atomic E-state index is 13.3. The van der Waals surface area contributed by atoms with Crippen molar-refractivity contribution in [2.45, 2.75) is 6.42 Å². The van der Waals surface area contributed by atoms with Gasteiger partial charge in [-0.3, -0.25) is 0 Å². The molecule has 0 aliphatic heterocycles. The van der Waals surface area contributed by atoms with Crippen LogP contribution in [0.5, 0.6) is 0 Å². The van der Waals surface area contributed by atoms with Gasteiger partial charge in [0.15, 0.2) is 0 Å². The van der Waals surface area contributed by atoms with Gasteiger partial charge in [0, 0.05) is 18.2 Å². The van der Waals surface area contributed by atoms with Gasteiger partial charge in [0.2, 0.25) is 0 Å². The number of hydrogen-bond acceptors (Lipinski definition) is 1. The van der Waals surface area contributed by atoms with Gasteiger partial charge in [-0.25, -0.2) is 13.8 Å². The van der Waals surface area contributed by atoms with E-state index in [1.165, 1.54) is 24.4 Å². The molecule has 0 unspecified atom stereocenters. The third-order valence-corrected chi connectivity index (χ3v) is 3.36. The molecule has 0 spiro atoms. The number of imidazole rings is 1. The predicted octanol–water partition coefficient (Wildman–Crippen LogP) is 3.18. The number of benzene rings is 1. The Morgan fingerprint density at radius 2 is 1.89 bits per heavy atom. The molecule has 1 aliphatic carbocycles. The molecular formula is C14H8F2N2. The summed E-state index contributed by atoms with van der Waals surface area (Å²) in [6, 6.07) is 7.72. The second-order valence-electron chi connectivity index (χ2n) is 4.46. The Hall–Kier alpha value is -2.23. The minimum absolute atomic E-state index is 0.251. The van der Waals surface area contributed by atoms with Crippen LogP contribution in [-0.4, -0.2) is 9.38 Å². The van der Waals surface area contributed by atoms with Gasteiger partial charge in [-0.05, 0) is 35.9 Å². The molecule has 0 fully saturated rings. The first-order chi connectivity index (χ1) is 8.72. The zero-order chi connectivity index (χ0) is 12.3. The van der Waals surface area contributed by atoms with E-state index < -0.39 is 0 Å². The van der Waals surface area contributed by atoms with Crippen LogP contribution in [0.3, 0.4) is 0 Å². The van der Waals surface area contributed by atoms with E-state index in [0.717, 1.165) is 28.2 Å². The fourth-order valence-corrected chi connectivity index (χ4v) is 2.57. The zero-order valence-corrected chi connectivity index (χ0v) is 9.32. The van der Waals surface area contributed by atoms with E-state index >= 15 is 0 Å². The van der Waals surface area contributed by atoms with E-state index in [1.807, 2.05) is 0 Å². The normalized spacial score (nSPS) is 12.8. The average molecular weight is 242 g/mol. The molecule has 0 saturated heterocycles. The summed E-state index contributed by atoms with van der Waals surface area (Å²) in [5.74, 6) is -0.552. The molecule has 4 heteroatoms. The second-order valence-corrected chi connectivity index (χ2v) is 4.46. The highest BCUT2D eigenvalue weighted by molar-refractivity contribution is 5.75. The van der Waals surface area contributed by atoms with Crippen molar-refractivity contribution >= 4 is 5.65 Å². The lowest BCUT2D eigenvalue weighted by atomic mass is 10.1. The largest absolute Gasteiger partial charge is 0.300 e. The summed E-state index contributed by atoms with van der Waals surface area (Å²) < 4.78 is 28.2. The van der Waals surface area contributed by atoms with Crippen molar-refractivity contribution in [3.05, 3.63) is 59.4 Å². The molecule has 2 aromatic heterocycles. The molecule has 2 nitrogen and oxygen atoms in total. The lowest BCUT2D eigenvalue weighted by Gasteiger charge is -2.00. The van der Waals surface area contributed by atoms with E-state index in [4.69, 9.17) is 0 Å². The van der Waals surface area contributed by atoms with Crippen molar-refractivity contribution in [3.63, 3.8) is 0 Å². The Balaban J connectivity index is 2.04. The Morgan fingerprint density at radius 1 is 1.06 bits per heavy atom. The van der Waals surface area contributed by atoms with Crippen molar-refractivity contribution < 1.29 is 8.78 Å². The third-order valence-electron chi connectivity index (χ3n) is 3.36. The number of hydrogen-bond donors (Lipinski definition) is 0. The molecule has 0 saturated carbocycles. The number of aromatic nitrogens is 2. The summed E-state index contributed by atoms with van der Waals surface area (Å²) in [5.41, 5.74) is 4.32.